The van der Waals surface area contributed by atoms with Gasteiger partial charge in [0.05, 0.1) is 5.69 Å². The van der Waals surface area contributed by atoms with Crippen molar-refractivity contribution in [2.24, 2.45) is 0 Å². The number of benzene rings is 2. The van der Waals surface area contributed by atoms with E-state index < -0.39 is 5.91 Å². The summed E-state index contributed by atoms with van der Waals surface area (Å²) in [6.07, 6.45) is 3.76. The Morgan fingerprint density at radius 3 is 2.77 bits per heavy atom. The Hall–Kier alpha value is -3.19. The molecule has 7 heteroatoms. The van der Waals surface area contributed by atoms with E-state index in [1.165, 1.54) is 17.0 Å². The Labute approximate surface area is 181 Å². The van der Waals surface area contributed by atoms with Crippen molar-refractivity contribution < 1.29 is 18.7 Å². The number of hydrogen-bond acceptors (Lipinski definition) is 4. The standard InChI is InChI=1S/C24H26FN3O3/c1-2-27-13-5-6-19(27)15-26-23(29)16-28-20-7-3-4-8-21(20)31-22(24(28)30)14-17-9-11-18(25)12-10-17/h3-4,7-12,14,19H,2,5-6,13,15-16H2,1H3,(H,26,29)/b22-14+/t19-/m1/s1. The van der Waals surface area contributed by atoms with Crippen LogP contribution in [0.25, 0.3) is 6.08 Å². The molecule has 1 fully saturated rings. The summed E-state index contributed by atoms with van der Waals surface area (Å²) < 4.78 is 19.0. The van der Waals surface area contributed by atoms with E-state index >= 15 is 0 Å². The van der Waals surface area contributed by atoms with Gasteiger partial charge in [-0.05, 0) is 61.8 Å². The van der Waals surface area contributed by atoms with Gasteiger partial charge in [0.15, 0.2) is 11.5 Å². The lowest BCUT2D eigenvalue weighted by Gasteiger charge is -2.30. The van der Waals surface area contributed by atoms with E-state index in [4.69, 9.17) is 4.74 Å². The highest BCUT2D eigenvalue weighted by molar-refractivity contribution is 6.12. The number of halogens is 1. The van der Waals surface area contributed by atoms with Gasteiger partial charge in [-0.3, -0.25) is 19.4 Å². The summed E-state index contributed by atoms with van der Waals surface area (Å²) in [5.74, 6) is -0.392. The van der Waals surface area contributed by atoms with E-state index in [0.29, 0.717) is 29.6 Å². The Morgan fingerprint density at radius 2 is 2.00 bits per heavy atom. The minimum Gasteiger partial charge on any atom is -0.449 e. The number of nitrogens with one attached hydrogen (secondary N) is 1. The van der Waals surface area contributed by atoms with Gasteiger partial charge in [0.25, 0.3) is 5.91 Å². The molecule has 1 saturated heterocycles. The van der Waals surface area contributed by atoms with Crippen molar-refractivity contribution in [1.29, 1.82) is 0 Å². The third-order valence-corrected chi connectivity index (χ3v) is 5.74. The minimum atomic E-state index is -0.408. The SMILES string of the molecule is CCN1CCC[C@@H]1CNC(=O)CN1C(=O)/C(=C\c2ccc(F)cc2)Oc2ccccc21. The van der Waals surface area contributed by atoms with Crippen molar-refractivity contribution in [1.82, 2.24) is 10.2 Å². The number of para-hydroxylation sites is 2. The highest BCUT2D eigenvalue weighted by atomic mass is 19.1. The first-order chi connectivity index (χ1) is 15.0. The lowest BCUT2D eigenvalue weighted by Crippen LogP contribution is -2.47. The normalized spacial score (nSPS) is 19.9. The second-order valence-electron chi connectivity index (χ2n) is 7.75. The molecule has 2 heterocycles. The van der Waals surface area contributed by atoms with Crippen molar-refractivity contribution in [3.05, 3.63) is 65.7 Å². The van der Waals surface area contributed by atoms with Crippen molar-refractivity contribution in [2.45, 2.75) is 25.8 Å². The average Bonchev–Trinajstić information content (AvgIpc) is 3.24. The van der Waals surface area contributed by atoms with Crippen LogP contribution in [0.15, 0.2) is 54.3 Å². The predicted octanol–water partition coefficient (Wildman–Crippen LogP) is 3.19. The highest BCUT2D eigenvalue weighted by Crippen LogP contribution is 2.35. The zero-order chi connectivity index (χ0) is 21.8. The number of nitrogens with zero attached hydrogens (tertiary/aromatic N) is 2. The highest BCUT2D eigenvalue weighted by Gasteiger charge is 2.32. The number of carbonyl (C=O) groups excluding carboxylic acids is 2. The topological polar surface area (TPSA) is 61.9 Å². The Morgan fingerprint density at radius 1 is 1.23 bits per heavy atom. The van der Waals surface area contributed by atoms with Crippen LogP contribution in [0.1, 0.15) is 25.3 Å². The lowest BCUT2D eigenvalue weighted by atomic mass is 10.1. The smallest absolute Gasteiger partial charge is 0.294 e. The van der Waals surface area contributed by atoms with Gasteiger partial charge >= 0.3 is 0 Å². The van der Waals surface area contributed by atoms with Crippen molar-refractivity contribution >= 4 is 23.6 Å². The predicted molar refractivity (Wildman–Crippen MR) is 117 cm³/mol. The van der Waals surface area contributed by atoms with Crippen LogP contribution in [0.2, 0.25) is 0 Å². The van der Waals surface area contributed by atoms with Gasteiger partial charge in [-0.15, -0.1) is 0 Å². The Kier molecular flexibility index (Phi) is 6.32. The molecule has 0 unspecified atom stereocenters. The first-order valence-electron chi connectivity index (χ1n) is 10.6. The molecule has 0 aliphatic carbocycles. The third kappa shape index (κ3) is 4.77. The molecule has 0 saturated carbocycles. The number of carbonyl (C=O) groups is 2. The maximum Gasteiger partial charge on any atom is 0.294 e. The van der Waals surface area contributed by atoms with Crippen molar-refractivity contribution in [3.63, 3.8) is 0 Å². The van der Waals surface area contributed by atoms with Crippen LogP contribution in [0.3, 0.4) is 0 Å². The molecular formula is C24H26FN3O3. The molecule has 4 rings (SSSR count). The molecular weight excluding hydrogens is 397 g/mol. The summed E-state index contributed by atoms with van der Waals surface area (Å²) >= 11 is 0. The van der Waals surface area contributed by atoms with E-state index in [9.17, 15) is 14.0 Å². The molecule has 2 aromatic carbocycles. The van der Waals surface area contributed by atoms with Crippen molar-refractivity contribution in [3.8, 4) is 5.75 Å². The molecule has 162 valence electrons. The lowest BCUT2D eigenvalue weighted by molar-refractivity contribution is -0.123. The number of rotatable bonds is 6. The van der Waals surface area contributed by atoms with Gasteiger partial charge in [-0.1, -0.05) is 31.2 Å². The number of hydrogen-bond donors (Lipinski definition) is 1. The number of likely N-dealkylation sites (tertiary alicyclic amines) is 1. The van der Waals surface area contributed by atoms with E-state index in [-0.39, 0.29) is 24.0 Å². The molecule has 2 amide bonds. The molecule has 2 aliphatic rings. The first-order valence-corrected chi connectivity index (χ1v) is 10.6. The summed E-state index contributed by atoms with van der Waals surface area (Å²) in [6.45, 7) is 4.62. The maximum absolute atomic E-state index is 13.2. The summed E-state index contributed by atoms with van der Waals surface area (Å²) in [5.41, 5.74) is 1.18. The monoisotopic (exact) mass is 423 g/mol. The number of fused-ring (bicyclic) bond motifs is 1. The van der Waals surface area contributed by atoms with Crippen LogP contribution < -0.4 is 15.0 Å². The molecule has 6 nitrogen and oxygen atoms in total. The largest absolute Gasteiger partial charge is 0.449 e. The summed E-state index contributed by atoms with van der Waals surface area (Å²) in [4.78, 5) is 29.6. The van der Waals surface area contributed by atoms with Gasteiger partial charge in [-0.2, -0.15) is 0 Å². The van der Waals surface area contributed by atoms with Crippen LogP contribution >= 0.6 is 0 Å². The minimum absolute atomic E-state index is 0.0889. The summed E-state index contributed by atoms with van der Waals surface area (Å²) in [5, 5.41) is 2.98. The number of anilines is 1. The number of ether oxygens (including phenoxy) is 1. The van der Waals surface area contributed by atoms with Crippen LogP contribution in [0.4, 0.5) is 10.1 Å². The number of likely N-dealkylation sites (N-methyl/N-ethyl adjacent to an activating group) is 1. The molecule has 1 atom stereocenters. The molecule has 2 aromatic rings. The van der Waals surface area contributed by atoms with Gasteiger partial charge in [0.2, 0.25) is 5.91 Å². The Balaban J connectivity index is 1.50. The van der Waals surface area contributed by atoms with Crippen LogP contribution in [-0.4, -0.2) is 48.9 Å². The number of amides is 2. The van der Waals surface area contributed by atoms with E-state index in [2.05, 4.69) is 17.1 Å². The quantitative estimate of drug-likeness (QED) is 0.725. The third-order valence-electron chi connectivity index (χ3n) is 5.74. The van der Waals surface area contributed by atoms with Gasteiger partial charge in [0.1, 0.15) is 12.4 Å². The van der Waals surface area contributed by atoms with Gasteiger partial charge in [0, 0.05) is 12.6 Å². The fraction of sp³-hybridized carbons (Fsp3) is 0.333. The van der Waals surface area contributed by atoms with E-state index in [1.807, 2.05) is 6.07 Å². The fourth-order valence-corrected chi connectivity index (χ4v) is 4.10. The molecule has 0 bridgehead atoms. The second kappa shape index (κ2) is 9.31. The molecule has 1 N–H and O–H groups in total. The molecule has 0 radical (unpaired) electrons. The zero-order valence-corrected chi connectivity index (χ0v) is 17.5. The summed E-state index contributed by atoms with van der Waals surface area (Å²) in [6, 6.07) is 13.2. The van der Waals surface area contributed by atoms with Gasteiger partial charge < -0.3 is 10.1 Å². The summed E-state index contributed by atoms with van der Waals surface area (Å²) in [7, 11) is 0. The zero-order valence-electron chi connectivity index (χ0n) is 17.5. The van der Waals surface area contributed by atoms with Gasteiger partial charge in [-0.25, -0.2) is 4.39 Å². The van der Waals surface area contributed by atoms with E-state index in [0.717, 1.165) is 25.9 Å². The molecule has 0 aromatic heterocycles. The molecule has 0 spiro atoms. The molecule has 2 aliphatic heterocycles. The first kappa shape index (κ1) is 21.1. The van der Waals surface area contributed by atoms with Crippen LogP contribution in [0.5, 0.6) is 5.75 Å². The maximum atomic E-state index is 13.2. The second-order valence-corrected chi connectivity index (χ2v) is 7.75. The fourth-order valence-electron chi connectivity index (χ4n) is 4.10. The molecule has 31 heavy (non-hydrogen) atoms. The van der Waals surface area contributed by atoms with Crippen LogP contribution in [-0.2, 0) is 9.59 Å². The Bertz CT molecular complexity index is 990. The van der Waals surface area contributed by atoms with Crippen molar-refractivity contribution in [2.75, 3.05) is 31.1 Å². The average molecular weight is 423 g/mol. The van der Waals surface area contributed by atoms with Crippen LogP contribution in [0, 0.1) is 5.82 Å². The van der Waals surface area contributed by atoms with E-state index in [1.54, 1.807) is 36.4 Å².